The fourth-order valence-corrected chi connectivity index (χ4v) is 1.46. The van der Waals surface area contributed by atoms with Crippen LogP contribution in [0.25, 0.3) is 0 Å². The number of nitrogens with zero attached hydrogens (tertiary/aromatic N) is 1. The van der Waals surface area contributed by atoms with E-state index >= 15 is 0 Å². The molecule has 0 aliphatic rings. The van der Waals surface area contributed by atoms with E-state index in [9.17, 15) is 4.79 Å². The molecule has 1 N–H and O–H groups in total. The molecule has 1 amide bonds. The molecule has 0 aliphatic heterocycles. The molecule has 1 aromatic carbocycles. The van der Waals surface area contributed by atoms with Gasteiger partial charge in [-0.1, -0.05) is 11.6 Å². The first-order chi connectivity index (χ1) is 8.17. The largest absolute Gasteiger partial charge is 0.492 e. The van der Waals surface area contributed by atoms with Gasteiger partial charge in [-0.15, -0.1) is 0 Å². The Morgan fingerprint density at radius 2 is 2.35 bits per heavy atom. The van der Waals surface area contributed by atoms with Crippen LogP contribution in [0.4, 0.5) is 0 Å². The summed E-state index contributed by atoms with van der Waals surface area (Å²) in [4.78, 5) is 10.9. The number of halogens is 1. The lowest BCUT2D eigenvalue weighted by Crippen LogP contribution is -2.18. The number of amides is 1. The van der Waals surface area contributed by atoms with Gasteiger partial charge in [0.15, 0.2) is 0 Å². The van der Waals surface area contributed by atoms with E-state index in [2.05, 4.69) is 5.32 Å². The molecule has 0 saturated carbocycles. The minimum absolute atomic E-state index is 0.0143. The van der Waals surface area contributed by atoms with Crippen LogP contribution in [-0.2, 0) is 4.79 Å². The van der Waals surface area contributed by atoms with Gasteiger partial charge < -0.3 is 10.1 Å². The van der Waals surface area contributed by atoms with Gasteiger partial charge in [0.25, 0.3) is 0 Å². The highest BCUT2D eigenvalue weighted by Gasteiger charge is 2.03. The lowest BCUT2D eigenvalue weighted by molar-refractivity contribution is -0.120. The average Bonchev–Trinajstić information content (AvgIpc) is 2.35. The molecule has 1 aromatic rings. The third-order valence-corrected chi connectivity index (χ3v) is 2.44. The smallest absolute Gasteiger partial charge is 0.219 e. The summed E-state index contributed by atoms with van der Waals surface area (Å²) in [5.41, 5.74) is 0.493. The summed E-state index contributed by atoms with van der Waals surface area (Å²) >= 11 is 5.92. The molecule has 90 valence electrons. The first-order valence-corrected chi connectivity index (χ1v) is 5.58. The summed E-state index contributed by atoms with van der Waals surface area (Å²) in [7, 11) is 1.60. The molecule has 0 heterocycles. The predicted molar refractivity (Wildman–Crippen MR) is 65.0 cm³/mol. The minimum atomic E-state index is -0.0143. The number of hydrogen-bond acceptors (Lipinski definition) is 3. The fraction of sp³-hybridized carbons (Fsp3) is 0.333. The van der Waals surface area contributed by atoms with Crippen LogP contribution in [0.1, 0.15) is 18.4 Å². The van der Waals surface area contributed by atoms with E-state index in [1.165, 1.54) is 0 Å². The maximum atomic E-state index is 10.9. The van der Waals surface area contributed by atoms with Crippen molar-refractivity contribution < 1.29 is 9.53 Å². The maximum absolute atomic E-state index is 10.9. The van der Waals surface area contributed by atoms with Crippen LogP contribution in [0.15, 0.2) is 18.2 Å². The second-order valence-corrected chi connectivity index (χ2v) is 3.79. The maximum Gasteiger partial charge on any atom is 0.219 e. The molecule has 0 aliphatic carbocycles. The van der Waals surface area contributed by atoms with Crippen molar-refractivity contribution in [1.82, 2.24) is 5.32 Å². The summed E-state index contributed by atoms with van der Waals surface area (Å²) in [6, 6.07) is 6.84. The van der Waals surface area contributed by atoms with E-state index in [4.69, 9.17) is 21.6 Å². The Morgan fingerprint density at radius 3 is 2.94 bits per heavy atom. The Balaban J connectivity index is 2.42. The van der Waals surface area contributed by atoms with Crippen LogP contribution < -0.4 is 10.1 Å². The molecular formula is C12H13ClN2O2. The number of rotatable bonds is 5. The number of carbonyl (C=O) groups is 1. The van der Waals surface area contributed by atoms with Gasteiger partial charge in [0.05, 0.1) is 23.3 Å². The molecule has 0 spiro atoms. The van der Waals surface area contributed by atoms with E-state index in [1.807, 2.05) is 6.07 Å². The van der Waals surface area contributed by atoms with Crippen molar-refractivity contribution in [1.29, 1.82) is 5.26 Å². The monoisotopic (exact) mass is 252 g/mol. The zero-order valence-electron chi connectivity index (χ0n) is 9.50. The van der Waals surface area contributed by atoms with Gasteiger partial charge in [0.1, 0.15) is 5.75 Å². The molecule has 0 saturated heterocycles. The van der Waals surface area contributed by atoms with Gasteiger partial charge >= 0.3 is 0 Å². The molecule has 0 aromatic heterocycles. The third-order valence-electron chi connectivity index (χ3n) is 2.15. The van der Waals surface area contributed by atoms with Crippen LogP contribution in [0.2, 0.25) is 5.02 Å². The first kappa shape index (κ1) is 13.3. The molecular weight excluding hydrogens is 240 g/mol. The summed E-state index contributed by atoms with van der Waals surface area (Å²) in [5.74, 6) is 0.516. The Hall–Kier alpha value is -1.73. The summed E-state index contributed by atoms with van der Waals surface area (Å²) in [6.45, 7) is 0.416. The van der Waals surface area contributed by atoms with Gasteiger partial charge in [-0.05, 0) is 24.6 Å². The van der Waals surface area contributed by atoms with Gasteiger partial charge in [0.2, 0.25) is 5.91 Å². The highest BCUT2D eigenvalue weighted by atomic mass is 35.5. The fourth-order valence-electron chi connectivity index (χ4n) is 1.23. The van der Waals surface area contributed by atoms with E-state index in [-0.39, 0.29) is 5.91 Å². The second kappa shape index (κ2) is 6.77. The van der Waals surface area contributed by atoms with Crippen molar-refractivity contribution in [2.75, 3.05) is 13.7 Å². The van der Waals surface area contributed by atoms with E-state index in [1.54, 1.807) is 25.2 Å². The van der Waals surface area contributed by atoms with E-state index in [0.717, 1.165) is 0 Å². The molecule has 0 fully saturated rings. The Bertz CT molecular complexity index is 441. The number of benzene rings is 1. The number of carbonyl (C=O) groups excluding carboxylic acids is 1. The van der Waals surface area contributed by atoms with E-state index < -0.39 is 0 Å². The quantitative estimate of drug-likeness (QED) is 0.817. The van der Waals surface area contributed by atoms with Gasteiger partial charge in [-0.3, -0.25) is 4.79 Å². The van der Waals surface area contributed by atoms with Crippen molar-refractivity contribution in [3.8, 4) is 11.8 Å². The van der Waals surface area contributed by atoms with Crippen LogP contribution in [0.5, 0.6) is 5.75 Å². The first-order valence-electron chi connectivity index (χ1n) is 5.20. The summed E-state index contributed by atoms with van der Waals surface area (Å²) in [6.07, 6.45) is 1.04. The van der Waals surface area contributed by atoms with Crippen molar-refractivity contribution in [2.24, 2.45) is 0 Å². The summed E-state index contributed by atoms with van der Waals surface area (Å²) in [5, 5.41) is 11.6. The number of ether oxygens (including phenoxy) is 1. The number of nitriles is 1. The molecule has 0 radical (unpaired) electrons. The molecule has 5 heteroatoms. The SMILES string of the molecule is CNC(=O)CCCOc1ccc(C#N)cc1Cl. The molecule has 0 unspecified atom stereocenters. The topological polar surface area (TPSA) is 62.1 Å². The van der Waals surface area contributed by atoms with Crippen LogP contribution in [0, 0.1) is 11.3 Å². The molecule has 17 heavy (non-hydrogen) atoms. The lowest BCUT2D eigenvalue weighted by Gasteiger charge is -2.07. The van der Waals surface area contributed by atoms with Crippen molar-refractivity contribution in [3.63, 3.8) is 0 Å². The number of hydrogen-bond donors (Lipinski definition) is 1. The van der Waals surface area contributed by atoms with Crippen molar-refractivity contribution >= 4 is 17.5 Å². The number of nitrogens with one attached hydrogen (secondary N) is 1. The van der Waals surface area contributed by atoms with Crippen LogP contribution in [0.3, 0.4) is 0 Å². The second-order valence-electron chi connectivity index (χ2n) is 3.38. The molecule has 0 bridgehead atoms. The zero-order valence-corrected chi connectivity index (χ0v) is 10.3. The molecule has 4 nitrogen and oxygen atoms in total. The summed E-state index contributed by atoms with van der Waals surface area (Å²) < 4.78 is 5.41. The average molecular weight is 253 g/mol. The molecule has 0 atom stereocenters. The highest BCUT2D eigenvalue weighted by molar-refractivity contribution is 6.32. The predicted octanol–water partition coefficient (Wildman–Crippen LogP) is 2.12. The zero-order chi connectivity index (χ0) is 12.7. The Morgan fingerprint density at radius 1 is 1.59 bits per heavy atom. The van der Waals surface area contributed by atoms with E-state index in [0.29, 0.717) is 35.8 Å². The van der Waals surface area contributed by atoms with Gasteiger partial charge in [0, 0.05) is 13.5 Å². The Labute approximate surface area is 105 Å². The standard InChI is InChI=1S/C12H13ClN2O2/c1-15-12(16)3-2-6-17-11-5-4-9(8-14)7-10(11)13/h4-5,7H,2-3,6H2,1H3,(H,15,16). The van der Waals surface area contributed by atoms with Crippen LogP contribution in [-0.4, -0.2) is 19.6 Å². The lowest BCUT2D eigenvalue weighted by atomic mass is 10.2. The van der Waals surface area contributed by atoms with Gasteiger partial charge in [-0.2, -0.15) is 5.26 Å². The van der Waals surface area contributed by atoms with Gasteiger partial charge in [-0.25, -0.2) is 0 Å². The highest BCUT2D eigenvalue weighted by Crippen LogP contribution is 2.25. The third kappa shape index (κ3) is 4.33. The Kier molecular flexibility index (Phi) is 5.31. The molecule has 1 rings (SSSR count). The normalized spacial score (nSPS) is 9.47. The van der Waals surface area contributed by atoms with Crippen molar-refractivity contribution in [2.45, 2.75) is 12.8 Å². The van der Waals surface area contributed by atoms with Crippen molar-refractivity contribution in [3.05, 3.63) is 28.8 Å². The van der Waals surface area contributed by atoms with Crippen LogP contribution >= 0.6 is 11.6 Å². The minimum Gasteiger partial charge on any atom is -0.492 e.